The smallest absolute Gasteiger partial charge is 0.255 e. The van der Waals surface area contributed by atoms with Crippen LogP contribution in [-0.4, -0.2) is 42.1 Å². The van der Waals surface area contributed by atoms with Gasteiger partial charge in [-0.15, -0.1) is 0 Å². The molecule has 1 unspecified atom stereocenters. The minimum absolute atomic E-state index is 0.107. The summed E-state index contributed by atoms with van der Waals surface area (Å²) in [5.74, 6) is 0.493. The molecule has 6 rings (SSSR count). The Morgan fingerprint density at radius 1 is 1.15 bits per heavy atom. The number of H-pyrrole nitrogens is 1. The Balaban J connectivity index is 1.59. The number of carbonyl (C=O) groups excluding carboxylic acids is 1. The van der Waals surface area contributed by atoms with Crippen molar-refractivity contribution < 1.29 is 9.18 Å². The third-order valence-electron chi connectivity index (χ3n) is 7.34. The Morgan fingerprint density at radius 2 is 2.06 bits per heavy atom. The third kappa shape index (κ3) is 3.12. The number of nitrogens with one attached hydrogen (secondary N) is 5. The number of carbonyl (C=O) groups is 1. The molecule has 0 radical (unpaired) electrons. The third-order valence-corrected chi connectivity index (χ3v) is 7.34. The SMILES string of the molecule is Cc1c(F)cccc1Nc1c(-c2ccnc3c2CCN3)[nH]c2c1C(=O)NCC21CCCNC1. The first-order valence-corrected chi connectivity index (χ1v) is 11.6. The first-order valence-electron chi connectivity index (χ1n) is 11.6. The lowest BCUT2D eigenvalue weighted by Crippen LogP contribution is -2.54. The molecule has 0 aliphatic carbocycles. The van der Waals surface area contributed by atoms with Crippen LogP contribution >= 0.6 is 0 Å². The quantitative estimate of drug-likeness (QED) is 0.424. The van der Waals surface area contributed by atoms with E-state index in [0.29, 0.717) is 29.0 Å². The fourth-order valence-electron chi connectivity index (χ4n) is 5.53. The molecule has 3 aliphatic heterocycles. The van der Waals surface area contributed by atoms with Crippen molar-refractivity contribution >= 4 is 23.1 Å². The van der Waals surface area contributed by atoms with E-state index >= 15 is 0 Å². The average molecular weight is 447 g/mol. The number of fused-ring (bicyclic) bond motifs is 3. The summed E-state index contributed by atoms with van der Waals surface area (Å²) in [4.78, 5) is 21.4. The summed E-state index contributed by atoms with van der Waals surface area (Å²) in [6, 6.07) is 6.98. The van der Waals surface area contributed by atoms with Gasteiger partial charge in [0.2, 0.25) is 0 Å². The van der Waals surface area contributed by atoms with Crippen molar-refractivity contribution in [1.29, 1.82) is 0 Å². The first-order chi connectivity index (χ1) is 16.1. The number of anilines is 3. The maximum atomic E-state index is 14.4. The molecule has 3 aliphatic rings. The molecule has 5 N–H and O–H groups in total. The van der Waals surface area contributed by atoms with Crippen molar-refractivity contribution in [3.8, 4) is 11.3 Å². The van der Waals surface area contributed by atoms with Crippen LogP contribution in [0.5, 0.6) is 0 Å². The molecule has 1 spiro atoms. The van der Waals surface area contributed by atoms with Gasteiger partial charge in [-0.1, -0.05) is 6.07 Å². The highest BCUT2D eigenvalue weighted by Gasteiger charge is 2.44. The lowest BCUT2D eigenvalue weighted by atomic mass is 9.74. The number of pyridine rings is 1. The summed E-state index contributed by atoms with van der Waals surface area (Å²) in [5, 5.41) is 13.4. The van der Waals surface area contributed by atoms with E-state index in [1.54, 1.807) is 19.2 Å². The molecule has 1 amide bonds. The predicted molar refractivity (Wildman–Crippen MR) is 127 cm³/mol. The van der Waals surface area contributed by atoms with Crippen LogP contribution in [0.4, 0.5) is 21.6 Å². The second-order valence-electron chi connectivity index (χ2n) is 9.27. The molecule has 1 aromatic carbocycles. The lowest BCUT2D eigenvalue weighted by molar-refractivity contribution is 0.0916. The van der Waals surface area contributed by atoms with Crippen LogP contribution < -0.4 is 21.3 Å². The fourth-order valence-corrected chi connectivity index (χ4v) is 5.53. The number of hydrogen-bond donors (Lipinski definition) is 5. The summed E-state index contributed by atoms with van der Waals surface area (Å²) >= 11 is 0. The minimum atomic E-state index is -0.280. The molecule has 8 heteroatoms. The predicted octanol–water partition coefficient (Wildman–Crippen LogP) is 3.60. The number of nitrogens with zero attached hydrogens (tertiary/aromatic N) is 1. The minimum Gasteiger partial charge on any atom is -0.369 e. The van der Waals surface area contributed by atoms with Crippen molar-refractivity contribution in [3.05, 3.63) is 58.7 Å². The van der Waals surface area contributed by atoms with E-state index in [1.165, 1.54) is 6.07 Å². The molecule has 0 saturated carbocycles. The van der Waals surface area contributed by atoms with E-state index in [0.717, 1.165) is 67.2 Å². The molecular formula is C25H27FN6O. The Bertz CT molecular complexity index is 1260. The molecule has 5 heterocycles. The fraction of sp³-hybridized carbons (Fsp3) is 0.360. The standard InChI is InChI=1S/C25H27FN6O/c1-14-17(26)4-2-5-18(14)31-21-19-22(25(13-30-24(19)33)8-3-9-27-12-25)32-20(21)15-6-10-28-23-16(15)7-11-29-23/h2,4-6,10,27,31-32H,3,7-9,11-13H2,1H3,(H,28,29)(H,30,33). The topological polar surface area (TPSA) is 93.9 Å². The zero-order chi connectivity index (χ0) is 22.6. The van der Waals surface area contributed by atoms with E-state index < -0.39 is 0 Å². The highest BCUT2D eigenvalue weighted by molar-refractivity contribution is 6.07. The summed E-state index contributed by atoms with van der Waals surface area (Å²) in [6.07, 6.45) is 4.69. The van der Waals surface area contributed by atoms with Crippen molar-refractivity contribution in [2.75, 3.05) is 36.8 Å². The summed E-state index contributed by atoms with van der Waals surface area (Å²) < 4.78 is 14.4. The lowest BCUT2D eigenvalue weighted by Gasteiger charge is -2.40. The highest BCUT2D eigenvalue weighted by Crippen LogP contribution is 2.45. The second kappa shape index (κ2) is 7.59. The molecule has 2 aromatic heterocycles. The molecule has 33 heavy (non-hydrogen) atoms. The van der Waals surface area contributed by atoms with Gasteiger partial charge in [-0.3, -0.25) is 4.79 Å². The number of hydrogen-bond acceptors (Lipinski definition) is 5. The first kappa shape index (κ1) is 20.2. The van der Waals surface area contributed by atoms with Crippen LogP contribution in [0.25, 0.3) is 11.3 Å². The van der Waals surface area contributed by atoms with Crippen molar-refractivity contribution in [3.63, 3.8) is 0 Å². The van der Waals surface area contributed by atoms with Gasteiger partial charge in [0.15, 0.2) is 0 Å². The maximum absolute atomic E-state index is 14.4. The van der Waals surface area contributed by atoms with E-state index in [9.17, 15) is 9.18 Å². The molecule has 1 fully saturated rings. The van der Waals surface area contributed by atoms with Gasteiger partial charge < -0.3 is 26.3 Å². The van der Waals surface area contributed by atoms with Crippen LogP contribution in [0.2, 0.25) is 0 Å². The molecule has 1 atom stereocenters. The van der Waals surface area contributed by atoms with Gasteiger partial charge in [-0.2, -0.15) is 0 Å². The van der Waals surface area contributed by atoms with E-state index in [1.807, 2.05) is 12.1 Å². The normalized spacial score (nSPS) is 21.3. The van der Waals surface area contributed by atoms with Crippen LogP contribution in [-0.2, 0) is 11.8 Å². The Morgan fingerprint density at radius 3 is 2.91 bits per heavy atom. The Hall–Kier alpha value is -3.39. The number of amides is 1. The molecule has 7 nitrogen and oxygen atoms in total. The van der Waals surface area contributed by atoms with Crippen molar-refractivity contribution in [2.24, 2.45) is 0 Å². The number of aromatic nitrogens is 2. The highest BCUT2D eigenvalue weighted by atomic mass is 19.1. The average Bonchev–Trinajstić information content (AvgIpc) is 3.46. The number of rotatable bonds is 3. The van der Waals surface area contributed by atoms with Gasteiger partial charge in [-0.05, 0) is 50.9 Å². The van der Waals surface area contributed by atoms with Gasteiger partial charge >= 0.3 is 0 Å². The van der Waals surface area contributed by atoms with Gasteiger partial charge in [0.05, 0.1) is 16.9 Å². The van der Waals surface area contributed by atoms with Crippen LogP contribution in [0, 0.1) is 12.7 Å². The molecule has 0 bridgehead atoms. The van der Waals surface area contributed by atoms with Crippen LogP contribution in [0.3, 0.4) is 0 Å². The Kier molecular flexibility index (Phi) is 4.65. The van der Waals surface area contributed by atoms with E-state index in [4.69, 9.17) is 0 Å². The monoisotopic (exact) mass is 446 g/mol. The Labute approximate surface area is 191 Å². The largest absolute Gasteiger partial charge is 0.369 e. The number of aromatic amines is 1. The molecule has 3 aromatic rings. The number of halogens is 1. The maximum Gasteiger partial charge on any atom is 0.255 e. The number of piperidine rings is 1. The van der Waals surface area contributed by atoms with Gasteiger partial charge in [-0.25, -0.2) is 9.37 Å². The second-order valence-corrected chi connectivity index (χ2v) is 9.27. The van der Waals surface area contributed by atoms with Gasteiger partial charge in [0.25, 0.3) is 5.91 Å². The summed E-state index contributed by atoms with van der Waals surface area (Å²) in [6.45, 7) is 4.96. The van der Waals surface area contributed by atoms with Crippen molar-refractivity contribution in [1.82, 2.24) is 20.6 Å². The summed E-state index contributed by atoms with van der Waals surface area (Å²) in [7, 11) is 0. The zero-order valence-electron chi connectivity index (χ0n) is 18.6. The van der Waals surface area contributed by atoms with Gasteiger partial charge in [0.1, 0.15) is 11.6 Å². The van der Waals surface area contributed by atoms with Crippen LogP contribution in [0.15, 0.2) is 30.5 Å². The van der Waals surface area contributed by atoms with E-state index in [2.05, 4.69) is 31.2 Å². The zero-order valence-corrected chi connectivity index (χ0v) is 18.6. The number of benzene rings is 1. The van der Waals surface area contributed by atoms with Crippen molar-refractivity contribution in [2.45, 2.75) is 31.6 Å². The molecule has 170 valence electrons. The summed E-state index contributed by atoms with van der Waals surface area (Å²) in [5.41, 5.74) is 6.26. The van der Waals surface area contributed by atoms with Gasteiger partial charge in [0, 0.05) is 59.3 Å². The van der Waals surface area contributed by atoms with Crippen LogP contribution in [0.1, 0.15) is 40.0 Å². The van der Waals surface area contributed by atoms with E-state index in [-0.39, 0.29) is 17.1 Å². The molecule has 1 saturated heterocycles. The molecular weight excluding hydrogens is 419 g/mol.